The van der Waals surface area contributed by atoms with Crippen LogP contribution in [0.1, 0.15) is 17.5 Å². The number of hydrogen-bond donors (Lipinski definition) is 2. The van der Waals surface area contributed by atoms with E-state index in [4.69, 9.17) is 10.8 Å². The number of rotatable bonds is 6. The summed E-state index contributed by atoms with van der Waals surface area (Å²) in [5, 5.41) is 8.37. The molecule has 3 N–H and O–H groups in total. The van der Waals surface area contributed by atoms with Gasteiger partial charge in [0.15, 0.2) is 0 Å². The Morgan fingerprint density at radius 1 is 1.00 bits per heavy atom. The first-order valence-corrected chi connectivity index (χ1v) is 7.66. The number of aryl methyl sites for hydroxylation is 1. The van der Waals surface area contributed by atoms with E-state index < -0.39 is 12.0 Å². The fourth-order valence-corrected chi connectivity index (χ4v) is 2.00. The van der Waals surface area contributed by atoms with Gasteiger partial charge in [-0.2, -0.15) is 0 Å². The molecule has 0 spiro atoms. The van der Waals surface area contributed by atoms with Crippen molar-refractivity contribution < 1.29 is 19.4 Å². The molecule has 0 saturated heterocycles. The molecular weight excluding hydrogens is 306 g/mol. The molecule has 0 aromatic heterocycles. The lowest BCUT2D eigenvalue weighted by Gasteiger charge is -2.08. The van der Waals surface area contributed by atoms with E-state index in [1.54, 1.807) is 0 Å². The lowest BCUT2D eigenvalue weighted by atomic mass is 10.1. The van der Waals surface area contributed by atoms with Crippen molar-refractivity contribution in [2.75, 3.05) is 7.11 Å². The highest BCUT2D eigenvalue weighted by Crippen LogP contribution is 2.02. The van der Waals surface area contributed by atoms with Gasteiger partial charge >= 0.3 is 11.9 Å². The molecule has 0 radical (unpaired) electrons. The summed E-state index contributed by atoms with van der Waals surface area (Å²) < 4.78 is 4.52. The van der Waals surface area contributed by atoms with Crippen LogP contribution in [0.5, 0.6) is 0 Å². The van der Waals surface area contributed by atoms with Gasteiger partial charge in [0.05, 0.1) is 7.11 Å². The number of carbonyl (C=O) groups is 2. The summed E-state index contributed by atoms with van der Waals surface area (Å²) in [6.45, 7) is 0. The summed E-state index contributed by atoms with van der Waals surface area (Å²) >= 11 is 0. The predicted molar refractivity (Wildman–Crippen MR) is 92.5 cm³/mol. The summed E-state index contributed by atoms with van der Waals surface area (Å²) in [7, 11) is 1.34. The first kappa shape index (κ1) is 19.4. The first-order valence-electron chi connectivity index (χ1n) is 7.66. The number of ether oxygens (including phenoxy) is 1. The summed E-state index contributed by atoms with van der Waals surface area (Å²) in [6, 6.07) is 18.7. The Morgan fingerprint density at radius 2 is 1.50 bits per heavy atom. The number of aliphatic carboxylic acids is 1. The highest BCUT2D eigenvalue weighted by atomic mass is 16.5. The van der Waals surface area contributed by atoms with Crippen molar-refractivity contribution in [1.29, 1.82) is 0 Å². The van der Waals surface area contributed by atoms with Gasteiger partial charge in [-0.15, -0.1) is 0 Å². The minimum Gasteiger partial charge on any atom is -0.481 e. The number of methoxy groups -OCH3 is 1. The van der Waals surface area contributed by atoms with E-state index in [1.807, 2.05) is 60.7 Å². The molecule has 0 amide bonds. The maximum absolute atomic E-state index is 11.0. The molecule has 0 saturated carbocycles. The van der Waals surface area contributed by atoms with Crippen molar-refractivity contribution in [2.45, 2.75) is 25.3 Å². The standard InChI is InChI=1S/C10H13NO2.C9H10O2/c1-13-10(12)9(11)7-8-5-3-2-4-6-8;10-9(11)7-6-8-4-2-1-3-5-8/h2-6,9H,7,11H2,1H3;1-5H,6-7H2,(H,10,11)/t9-;/m0./s1. The van der Waals surface area contributed by atoms with Gasteiger partial charge in [-0.3, -0.25) is 9.59 Å². The quantitative estimate of drug-likeness (QED) is 0.795. The molecule has 128 valence electrons. The minimum absolute atomic E-state index is 0.212. The zero-order valence-corrected chi connectivity index (χ0v) is 13.7. The van der Waals surface area contributed by atoms with Crippen molar-refractivity contribution >= 4 is 11.9 Å². The van der Waals surface area contributed by atoms with Crippen molar-refractivity contribution in [3.05, 3.63) is 71.8 Å². The average Bonchev–Trinajstić information content (AvgIpc) is 2.61. The molecule has 0 unspecified atom stereocenters. The number of nitrogens with two attached hydrogens (primary N) is 1. The molecule has 0 aliphatic rings. The second kappa shape index (κ2) is 11.0. The van der Waals surface area contributed by atoms with Crippen LogP contribution in [-0.2, 0) is 27.2 Å². The monoisotopic (exact) mass is 329 g/mol. The second-order valence-corrected chi connectivity index (χ2v) is 5.20. The lowest BCUT2D eigenvalue weighted by molar-refractivity contribution is -0.142. The van der Waals surface area contributed by atoms with Crippen molar-refractivity contribution in [2.24, 2.45) is 5.73 Å². The Labute approximate surface area is 142 Å². The van der Waals surface area contributed by atoms with Crippen molar-refractivity contribution in [3.63, 3.8) is 0 Å². The fraction of sp³-hybridized carbons (Fsp3) is 0.263. The van der Waals surface area contributed by atoms with E-state index in [1.165, 1.54) is 7.11 Å². The van der Waals surface area contributed by atoms with Gasteiger partial charge in [0, 0.05) is 6.42 Å². The second-order valence-electron chi connectivity index (χ2n) is 5.20. The van der Waals surface area contributed by atoms with Gasteiger partial charge in [-0.1, -0.05) is 60.7 Å². The number of carboxylic acids is 1. The highest BCUT2D eigenvalue weighted by Gasteiger charge is 2.13. The SMILES string of the molecule is COC(=O)[C@@H](N)Cc1ccccc1.O=C(O)CCc1ccccc1. The van der Waals surface area contributed by atoms with Gasteiger partial charge in [0.25, 0.3) is 0 Å². The molecule has 24 heavy (non-hydrogen) atoms. The van der Waals surface area contributed by atoms with E-state index in [0.29, 0.717) is 12.8 Å². The lowest BCUT2D eigenvalue weighted by Crippen LogP contribution is -2.33. The van der Waals surface area contributed by atoms with Gasteiger partial charge in [-0.25, -0.2) is 0 Å². The molecule has 5 nitrogen and oxygen atoms in total. The molecule has 2 rings (SSSR count). The van der Waals surface area contributed by atoms with Crippen LogP contribution >= 0.6 is 0 Å². The maximum Gasteiger partial charge on any atom is 0.322 e. The predicted octanol–water partition coefficient (Wildman–Crippen LogP) is 2.43. The van der Waals surface area contributed by atoms with Crippen LogP contribution < -0.4 is 5.73 Å². The first-order chi connectivity index (χ1) is 11.5. The van der Waals surface area contributed by atoms with Gasteiger partial charge < -0.3 is 15.6 Å². The van der Waals surface area contributed by atoms with E-state index in [2.05, 4.69) is 4.74 Å². The van der Waals surface area contributed by atoms with Gasteiger partial charge in [0.2, 0.25) is 0 Å². The van der Waals surface area contributed by atoms with Crippen molar-refractivity contribution in [1.82, 2.24) is 0 Å². The molecule has 0 aliphatic carbocycles. The van der Waals surface area contributed by atoms with Gasteiger partial charge in [-0.05, 0) is 24.0 Å². The van der Waals surface area contributed by atoms with Crippen LogP contribution in [0, 0.1) is 0 Å². The molecule has 0 fully saturated rings. The van der Waals surface area contributed by atoms with Crippen LogP contribution in [0.2, 0.25) is 0 Å². The van der Waals surface area contributed by atoms with E-state index in [9.17, 15) is 9.59 Å². The summed E-state index contributed by atoms with van der Waals surface area (Å²) in [5.74, 6) is -1.11. The third-order valence-electron chi connectivity index (χ3n) is 3.27. The third-order valence-corrected chi connectivity index (χ3v) is 3.27. The van der Waals surface area contributed by atoms with E-state index in [0.717, 1.165) is 11.1 Å². The number of carboxylic acid groups (broad SMARTS) is 1. The zero-order valence-electron chi connectivity index (χ0n) is 13.7. The van der Waals surface area contributed by atoms with Crippen LogP contribution in [-0.4, -0.2) is 30.2 Å². The van der Waals surface area contributed by atoms with E-state index >= 15 is 0 Å². The Balaban J connectivity index is 0.000000243. The molecule has 0 heterocycles. The number of benzene rings is 2. The Morgan fingerprint density at radius 3 is 1.96 bits per heavy atom. The smallest absolute Gasteiger partial charge is 0.322 e. The molecule has 5 heteroatoms. The molecule has 2 aromatic carbocycles. The van der Waals surface area contributed by atoms with Crippen LogP contribution in [0.15, 0.2) is 60.7 Å². The Hall–Kier alpha value is -2.66. The molecule has 0 aliphatic heterocycles. The van der Waals surface area contributed by atoms with E-state index in [-0.39, 0.29) is 12.4 Å². The summed E-state index contributed by atoms with van der Waals surface area (Å²) in [6.07, 6.45) is 1.35. The summed E-state index contributed by atoms with van der Waals surface area (Å²) in [4.78, 5) is 21.1. The molecule has 1 atom stereocenters. The third kappa shape index (κ3) is 8.10. The maximum atomic E-state index is 11.0. The topological polar surface area (TPSA) is 89.6 Å². The molecule has 0 bridgehead atoms. The summed E-state index contributed by atoms with van der Waals surface area (Å²) in [5.41, 5.74) is 7.71. The molecule has 2 aromatic rings. The highest BCUT2D eigenvalue weighted by molar-refractivity contribution is 5.75. The largest absolute Gasteiger partial charge is 0.481 e. The van der Waals surface area contributed by atoms with Crippen molar-refractivity contribution in [3.8, 4) is 0 Å². The normalized spacial score (nSPS) is 10.9. The van der Waals surface area contributed by atoms with Gasteiger partial charge in [0.1, 0.15) is 6.04 Å². The average molecular weight is 329 g/mol. The van der Waals surface area contributed by atoms with Crippen LogP contribution in [0.4, 0.5) is 0 Å². The number of hydrogen-bond acceptors (Lipinski definition) is 4. The zero-order chi connectivity index (χ0) is 17.8. The Bertz CT molecular complexity index is 614. The fourth-order valence-electron chi connectivity index (χ4n) is 2.00. The molecular formula is C19H23NO4. The number of esters is 1. The minimum atomic E-state index is -0.742. The Kier molecular flexibility index (Phi) is 8.86. The van der Waals surface area contributed by atoms with Crippen LogP contribution in [0.3, 0.4) is 0 Å². The number of carbonyl (C=O) groups excluding carboxylic acids is 1. The van der Waals surface area contributed by atoms with Crippen LogP contribution in [0.25, 0.3) is 0 Å².